The molecule has 0 bridgehead atoms. The molecule has 204 valence electrons. The fourth-order valence-corrected chi connectivity index (χ4v) is 6.31. The Hall–Kier alpha value is -4.08. The summed E-state index contributed by atoms with van der Waals surface area (Å²) in [6.45, 7) is 5.71. The summed E-state index contributed by atoms with van der Waals surface area (Å²) < 4.78 is 6.60. The van der Waals surface area contributed by atoms with E-state index in [9.17, 15) is 14.7 Å². The third-order valence-corrected chi connectivity index (χ3v) is 8.44. The van der Waals surface area contributed by atoms with Crippen molar-refractivity contribution < 1.29 is 19.4 Å². The number of morpholine rings is 1. The summed E-state index contributed by atoms with van der Waals surface area (Å²) in [5.41, 5.74) is 4.96. The Kier molecular flexibility index (Phi) is 7.32. The van der Waals surface area contributed by atoms with E-state index in [1.54, 1.807) is 42.5 Å². The molecule has 1 saturated heterocycles. The molecule has 0 saturated carbocycles. The maximum atomic E-state index is 12.8. The number of aromatic hydroxyl groups is 1. The minimum Gasteiger partial charge on any atom is -0.508 e. The molecule has 4 aromatic rings. The van der Waals surface area contributed by atoms with Crippen molar-refractivity contribution in [2.45, 2.75) is 32.9 Å². The highest BCUT2D eigenvalue weighted by molar-refractivity contribution is 7.22. The van der Waals surface area contributed by atoms with Gasteiger partial charge in [-0.05, 0) is 54.0 Å². The van der Waals surface area contributed by atoms with Gasteiger partial charge < -0.3 is 19.6 Å². The van der Waals surface area contributed by atoms with Crippen molar-refractivity contribution in [2.24, 2.45) is 0 Å². The molecule has 8 nitrogen and oxygen atoms in total. The van der Waals surface area contributed by atoms with E-state index < -0.39 is 0 Å². The average molecular weight is 555 g/mol. The first-order chi connectivity index (χ1) is 19.5. The lowest BCUT2D eigenvalue weighted by Gasteiger charge is -2.28. The minimum absolute atomic E-state index is 0.00219. The van der Waals surface area contributed by atoms with Gasteiger partial charge in [0.15, 0.2) is 17.4 Å². The summed E-state index contributed by atoms with van der Waals surface area (Å²) in [4.78, 5) is 39.6. The number of rotatable bonds is 7. The quantitative estimate of drug-likeness (QED) is 0.308. The highest BCUT2D eigenvalue weighted by atomic mass is 32.1. The van der Waals surface area contributed by atoms with E-state index in [-0.39, 0.29) is 30.3 Å². The number of nitrogens with zero attached hydrogens (tertiary/aromatic N) is 4. The normalized spacial score (nSPS) is 15.2. The molecule has 0 atom stereocenters. The van der Waals surface area contributed by atoms with Crippen LogP contribution in [0.2, 0.25) is 0 Å². The topological polar surface area (TPSA) is 95.9 Å². The zero-order valence-electron chi connectivity index (χ0n) is 22.3. The van der Waals surface area contributed by atoms with Crippen LogP contribution in [0.15, 0.2) is 60.7 Å². The summed E-state index contributed by atoms with van der Waals surface area (Å²) in [7, 11) is 0. The van der Waals surface area contributed by atoms with E-state index in [2.05, 4.69) is 29.2 Å². The largest absolute Gasteiger partial charge is 0.508 e. The molecule has 0 radical (unpaired) electrons. The zero-order chi connectivity index (χ0) is 27.6. The second kappa shape index (κ2) is 11.2. The molecule has 2 aliphatic heterocycles. The summed E-state index contributed by atoms with van der Waals surface area (Å²) in [5.74, 6) is 1.61. The number of benzene rings is 2. The van der Waals surface area contributed by atoms with Gasteiger partial charge in [-0.3, -0.25) is 9.59 Å². The van der Waals surface area contributed by atoms with E-state index in [0.717, 1.165) is 56.3 Å². The zero-order valence-corrected chi connectivity index (χ0v) is 23.1. The number of carbonyl (C=O) groups excluding carboxylic acids is 2. The third-order valence-electron chi connectivity index (χ3n) is 7.27. The van der Waals surface area contributed by atoms with Gasteiger partial charge in [0.1, 0.15) is 5.75 Å². The summed E-state index contributed by atoms with van der Waals surface area (Å²) in [6, 6.07) is 15.5. The number of ether oxygens (including phenoxy) is 1. The lowest BCUT2D eigenvalue weighted by Crippen LogP contribution is -2.36. The number of thiophene rings is 1. The number of aromatic nitrogens is 2. The second-order valence-electron chi connectivity index (χ2n) is 10.0. The number of phenols is 1. The molecule has 0 aliphatic carbocycles. The molecule has 2 aliphatic rings. The maximum Gasteiger partial charge on any atom is 0.223 e. The Bertz CT molecular complexity index is 1620. The van der Waals surface area contributed by atoms with Gasteiger partial charge in [-0.1, -0.05) is 30.3 Å². The number of allylic oxidation sites excluding steroid dienone is 2. The van der Waals surface area contributed by atoms with Crippen molar-refractivity contribution >= 4 is 39.1 Å². The summed E-state index contributed by atoms with van der Waals surface area (Å²) in [6.07, 6.45) is 3.69. The molecule has 9 heteroatoms. The lowest BCUT2D eigenvalue weighted by atomic mass is 10.1. The van der Waals surface area contributed by atoms with Crippen LogP contribution in [0.4, 0.5) is 5.82 Å². The van der Waals surface area contributed by atoms with Crippen LogP contribution in [0.5, 0.6) is 5.75 Å². The van der Waals surface area contributed by atoms with Crippen LogP contribution in [0.25, 0.3) is 32.0 Å². The molecular weight excluding hydrogens is 524 g/mol. The van der Waals surface area contributed by atoms with Gasteiger partial charge in [-0.2, -0.15) is 0 Å². The van der Waals surface area contributed by atoms with Crippen molar-refractivity contribution in [1.29, 1.82) is 0 Å². The molecule has 0 spiro atoms. The van der Waals surface area contributed by atoms with Crippen molar-refractivity contribution in [3.63, 3.8) is 0 Å². The SMILES string of the molecule is CC=CC(=O)CCC(=O)N1Cc2ccc(-c3cc4nc(-c5cccc(O)c5)nc(N5CCOCC5)c4s3)cc2C1. The summed E-state index contributed by atoms with van der Waals surface area (Å²) in [5, 5.41) is 10.0. The molecule has 40 heavy (non-hydrogen) atoms. The maximum absolute atomic E-state index is 12.8. The Morgan fingerprint density at radius 2 is 1.82 bits per heavy atom. The second-order valence-corrected chi connectivity index (χ2v) is 11.1. The van der Waals surface area contributed by atoms with Crippen LogP contribution in [-0.4, -0.2) is 58.0 Å². The fraction of sp³-hybridized carbons (Fsp3) is 0.290. The van der Waals surface area contributed by atoms with Crippen molar-refractivity contribution in [1.82, 2.24) is 14.9 Å². The standard InChI is InChI=1S/C31H30N4O4S/c1-2-4-24(36)9-10-28(38)35-18-22-8-7-20(15-23(22)19-35)27-17-26-29(40-27)31(34-11-13-39-14-12-34)33-30(32-26)21-5-3-6-25(37)16-21/h2-8,15-17,37H,9-14,18-19H2,1H3. The predicted octanol–water partition coefficient (Wildman–Crippen LogP) is 5.34. The lowest BCUT2D eigenvalue weighted by molar-refractivity contribution is -0.133. The van der Waals surface area contributed by atoms with Crippen LogP contribution in [-0.2, 0) is 27.4 Å². The van der Waals surface area contributed by atoms with Crippen LogP contribution in [0, 0.1) is 0 Å². The van der Waals surface area contributed by atoms with E-state index in [1.807, 2.05) is 11.0 Å². The molecule has 1 N–H and O–H groups in total. The predicted molar refractivity (Wildman–Crippen MR) is 156 cm³/mol. The van der Waals surface area contributed by atoms with Crippen LogP contribution in [0.3, 0.4) is 0 Å². The molecule has 6 rings (SSSR count). The Balaban J connectivity index is 1.30. The van der Waals surface area contributed by atoms with Crippen LogP contribution in [0.1, 0.15) is 30.9 Å². The molecule has 0 unspecified atom stereocenters. The van der Waals surface area contributed by atoms with Gasteiger partial charge in [0.05, 0.1) is 23.4 Å². The number of ketones is 1. The average Bonchev–Trinajstić information content (AvgIpc) is 3.60. The molecule has 2 aromatic carbocycles. The van der Waals surface area contributed by atoms with E-state index in [0.29, 0.717) is 32.1 Å². The fourth-order valence-electron chi connectivity index (χ4n) is 5.20. The van der Waals surface area contributed by atoms with E-state index in [4.69, 9.17) is 14.7 Å². The number of amides is 1. The third kappa shape index (κ3) is 5.35. The molecule has 4 heterocycles. The van der Waals surface area contributed by atoms with Gasteiger partial charge >= 0.3 is 0 Å². The number of carbonyl (C=O) groups is 2. The van der Waals surface area contributed by atoms with Gasteiger partial charge in [-0.25, -0.2) is 9.97 Å². The monoisotopic (exact) mass is 554 g/mol. The number of anilines is 1. The number of hydrogen-bond acceptors (Lipinski definition) is 8. The van der Waals surface area contributed by atoms with E-state index >= 15 is 0 Å². The number of hydrogen-bond donors (Lipinski definition) is 1. The van der Waals surface area contributed by atoms with Gasteiger partial charge in [-0.15, -0.1) is 11.3 Å². The molecular formula is C31H30N4O4S. The van der Waals surface area contributed by atoms with Gasteiger partial charge in [0.25, 0.3) is 0 Å². The first-order valence-electron chi connectivity index (χ1n) is 13.5. The smallest absolute Gasteiger partial charge is 0.223 e. The van der Waals surface area contributed by atoms with Crippen molar-refractivity contribution in [2.75, 3.05) is 31.2 Å². The molecule has 1 fully saturated rings. The Labute approximate surface area is 236 Å². The van der Waals surface area contributed by atoms with Gasteiger partial charge in [0.2, 0.25) is 5.91 Å². The molecule has 1 amide bonds. The molecule has 2 aromatic heterocycles. The number of fused-ring (bicyclic) bond motifs is 2. The highest BCUT2D eigenvalue weighted by Crippen LogP contribution is 2.40. The van der Waals surface area contributed by atoms with E-state index in [1.165, 1.54) is 6.08 Å². The number of phenolic OH excluding ortho intramolecular Hbond substituents is 1. The van der Waals surface area contributed by atoms with Crippen molar-refractivity contribution in [3.05, 3.63) is 71.8 Å². The van der Waals surface area contributed by atoms with Crippen LogP contribution < -0.4 is 4.90 Å². The summed E-state index contributed by atoms with van der Waals surface area (Å²) >= 11 is 1.66. The Morgan fingerprint density at radius 1 is 1.00 bits per heavy atom. The van der Waals surface area contributed by atoms with Crippen LogP contribution >= 0.6 is 11.3 Å². The van der Waals surface area contributed by atoms with Crippen molar-refractivity contribution in [3.8, 4) is 27.6 Å². The highest BCUT2D eigenvalue weighted by Gasteiger charge is 2.25. The minimum atomic E-state index is -0.0219. The first kappa shape index (κ1) is 26.2. The van der Waals surface area contributed by atoms with Gasteiger partial charge in [0, 0.05) is 49.5 Å². The first-order valence-corrected chi connectivity index (χ1v) is 14.3. The Morgan fingerprint density at radius 3 is 2.62 bits per heavy atom.